The molecule has 19 heavy (non-hydrogen) atoms. The van der Waals surface area contributed by atoms with Crippen molar-refractivity contribution in [2.24, 2.45) is 17.6 Å². The molecule has 0 spiro atoms. The number of aliphatic carboxylic acids is 1. The molecule has 0 bridgehead atoms. The Kier molecular flexibility index (Phi) is 10.5. The smallest absolute Gasteiger partial charge is 0.314 e. The van der Waals surface area contributed by atoms with Crippen LogP contribution in [0.25, 0.3) is 0 Å². The van der Waals surface area contributed by atoms with Gasteiger partial charge in [0.2, 0.25) is 0 Å². The molecule has 4 heteroatoms. The summed E-state index contributed by atoms with van der Waals surface area (Å²) in [5.41, 5.74) is 5.37. The summed E-state index contributed by atoms with van der Waals surface area (Å²) >= 11 is 0. The van der Waals surface area contributed by atoms with Crippen molar-refractivity contribution in [1.29, 1.82) is 0 Å². The Bertz CT molecular complexity index is 264. The molecule has 0 radical (unpaired) electrons. The van der Waals surface area contributed by atoms with Crippen molar-refractivity contribution >= 4 is 11.8 Å². The zero-order chi connectivity index (χ0) is 14.7. The Balaban J connectivity index is 3.88. The number of unbranched alkanes of at least 4 members (excludes halogenated alkanes) is 3. The summed E-state index contributed by atoms with van der Waals surface area (Å²) < 4.78 is 0. The van der Waals surface area contributed by atoms with Gasteiger partial charge in [0.15, 0.2) is 0 Å². The molecule has 1 atom stereocenters. The maximum Gasteiger partial charge on any atom is 0.314 e. The maximum absolute atomic E-state index is 11.9. The second-order valence-electron chi connectivity index (χ2n) is 5.63. The molecule has 0 aliphatic carbocycles. The standard InChI is InChI=1S/C15H29NO3/c1-12(2)8-4-3-5-10-14(17)13(15(18)19)9-6-7-11-16/h12-13H,3-11,16H2,1-2H3,(H,18,19). The molecule has 0 amide bonds. The molecular weight excluding hydrogens is 242 g/mol. The molecule has 0 saturated heterocycles. The van der Waals surface area contributed by atoms with E-state index in [0.717, 1.165) is 25.7 Å². The third-order valence-electron chi connectivity index (χ3n) is 3.34. The van der Waals surface area contributed by atoms with Gasteiger partial charge in [-0.15, -0.1) is 0 Å². The fourth-order valence-corrected chi connectivity index (χ4v) is 2.12. The number of ketones is 1. The number of hydrogen-bond acceptors (Lipinski definition) is 3. The fourth-order valence-electron chi connectivity index (χ4n) is 2.12. The van der Waals surface area contributed by atoms with Crippen LogP contribution < -0.4 is 5.73 Å². The number of hydrogen-bond donors (Lipinski definition) is 2. The topological polar surface area (TPSA) is 80.4 Å². The van der Waals surface area contributed by atoms with Gasteiger partial charge in [-0.25, -0.2) is 0 Å². The molecule has 1 unspecified atom stereocenters. The van der Waals surface area contributed by atoms with Crippen molar-refractivity contribution in [1.82, 2.24) is 0 Å². The van der Waals surface area contributed by atoms with Crippen LogP contribution in [0.3, 0.4) is 0 Å². The van der Waals surface area contributed by atoms with Gasteiger partial charge in [-0.1, -0.05) is 39.5 Å². The number of rotatable bonds is 12. The minimum absolute atomic E-state index is 0.117. The first-order valence-electron chi connectivity index (χ1n) is 7.44. The number of carbonyl (C=O) groups excluding carboxylic acids is 1. The van der Waals surface area contributed by atoms with Gasteiger partial charge in [0.05, 0.1) is 0 Å². The third kappa shape index (κ3) is 9.65. The number of carboxylic acid groups (broad SMARTS) is 1. The molecule has 0 aromatic carbocycles. The predicted molar refractivity (Wildman–Crippen MR) is 77.0 cm³/mol. The molecule has 0 aliphatic rings. The molecule has 0 fully saturated rings. The summed E-state index contributed by atoms with van der Waals surface area (Å²) in [5.74, 6) is -1.23. The first-order valence-corrected chi connectivity index (χ1v) is 7.44. The molecule has 0 saturated carbocycles. The van der Waals surface area contributed by atoms with E-state index in [4.69, 9.17) is 10.8 Å². The Morgan fingerprint density at radius 3 is 2.16 bits per heavy atom. The van der Waals surface area contributed by atoms with Crippen LogP contribution in [0.4, 0.5) is 0 Å². The summed E-state index contributed by atoms with van der Waals surface area (Å²) in [5, 5.41) is 9.07. The number of nitrogens with two attached hydrogens (primary N) is 1. The molecule has 0 aromatic heterocycles. The second kappa shape index (κ2) is 11.0. The maximum atomic E-state index is 11.9. The van der Waals surface area contributed by atoms with Crippen molar-refractivity contribution < 1.29 is 14.7 Å². The van der Waals surface area contributed by atoms with E-state index in [1.807, 2.05) is 0 Å². The SMILES string of the molecule is CC(C)CCCCCC(=O)C(CCCCN)C(=O)O. The van der Waals surface area contributed by atoms with Gasteiger partial charge in [-0.3, -0.25) is 9.59 Å². The summed E-state index contributed by atoms with van der Waals surface area (Å²) in [4.78, 5) is 22.9. The Morgan fingerprint density at radius 2 is 1.63 bits per heavy atom. The van der Waals surface area contributed by atoms with Crippen molar-refractivity contribution in [3.8, 4) is 0 Å². The lowest BCUT2D eigenvalue weighted by molar-refractivity contribution is -0.146. The van der Waals surface area contributed by atoms with Gasteiger partial charge in [0.25, 0.3) is 0 Å². The van der Waals surface area contributed by atoms with Crippen molar-refractivity contribution in [3.63, 3.8) is 0 Å². The van der Waals surface area contributed by atoms with Crippen LogP contribution in [0.1, 0.15) is 65.2 Å². The minimum atomic E-state index is -0.982. The first-order chi connectivity index (χ1) is 8.99. The highest BCUT2D eigenvalue weighted by Crippen LogP contribution is 2.15. The van der Waals surface area contributed by atoms with Crippen LogP contribution >= 0.6 is 0 Å². The molecule has 0 heterocycles. The molecule has 0 aliphatic heterocycles. The van der Waals surface area contributed by atoms with Crippen molar-refractivity contribution in [2.75, 3.05) is 6.54 Å². The van der Waals surface area contributed by atoms with E-state index >= 15 is 0 Å². The van der Waals surface area contributed by atoms with Crippen LogP contribution in [-0.4, -0.2) is 23.4 Å². The summed E-state index contributed by atoms with van der Waals surface area (Å²) in [7, 11) is 0. The Labute approximate surface area is 116 Å². The molecular formula is C15H29NO3. The highest BCUT2D eigenvalue weighted by Gasteiger charge is 2.24. The summed E-state index contributed by atoms with van der Waals surface area (Å²) in [6, 6.07) is 0. The predicted octanol–water partition coefficient (Wildman–Crippen LogP) is 2.99. The van der Waals surface area contributed by atoms with Crippen LogP contribution in [0, 0.1) is 11.8 Å². The van der Waals surface area contributed by atoms with Gasteiger partial charge < -0.3 is 10.8 Å². The Morgan fingerprint density at radius 1 is 1.00 bits per heavy atom. The zero-order valence-corrected chi connectivity index (χ0v) is 12.4. The van der Waals surface area contributed by atoms with E-state index in [1.54, 1.807) is 0 Å². The lowest BCUT2D eigenvalue weighted by Gasteiger charge is -2.11. The highest BCUT2D eigenvalue weighted by atomic mass is 16.4. The number of carboxylic acids is 1. The van der Waals surface area contributed by atoms with Gasteiger partial charge >= 0.3 is 5.97 Å². The molecule has 3 N–H and O–H groups in total. The van der Waals surface area contributed by atoms with Crippen LogP contribution in [0.2, 0.25) is 0 Å². The quantitative estimate of drug-likeness (QED) is 0.422. The van der Waals surface area contributed by atoms with Crippen molar-refractivity contribution in [3.05, 3.63) is 0 Å². The lowest BCUT2D eigenvalue weighted by Crippen LogP contribution is -2.24. The van der Waals surface area contributed by atoms with E-state index in [-0.39, 0.29) is 5.78 Å². The first kappa shape index (κ1) is 18.1. The van der Waals surface area contributed by atoms with Crippen LogP contribution in [-0.2, 0) is 9.59 Å². The average Bonchev–Trinajstić information content (AvgIpc) is 2.33. The van der Waals surface area contributed by atoms with Crippen molar-refractivity contribution in [2.45, 2.75) is 65.2 Å². The van der Waals surface area contributed by atoms with Gasteiger partial charge in [-0.2, -0.15) is 0 Å². The minimum Gasteiger partial charge on any atom is -0.481 e. The van der Waals surface area contributed by atoms with E-state index < -0.39 is 11.9 Å². The van der Waals surface area contributed by atoms with E-state index in [2.05, 4.69) is 13.8 Å². The van der Waals surface area contributed by atoms with Crippen LogP contribution in [0.15, 0.2) is 0 Å². The molecule has 4 nitrogen and oxygen atoms in total. The van der Waals surface area contributed by atoms with Crippen LogP contribution in [0.5, 0.6) is 0 Å². The van der Waals surface area contributed by atoms with E-state index in [1.165, 1.54) is 6.42 Å². The molecule has 0 aromatic rings. The average molecular weight is 271 g/mol. The van der Waals surface area contributed by atoms with Gasteiger partial charge in [-0.05, 0) is 31.7 Å². The Hall–Kier alpha value is -0.900. The summed E-state index contributed by atoms with van der Waals surface area (Å²) in [6.07, 6.45) is 6.45. The second-order valence-corrected chi connectivity index (χ2v) is 5.63. The zero-order valence-electron chi connectivity index (χ0n) is 12.4. The fraction of sp³-hybridized carbons (Fsp3) is 0.867. The van der Waals surface area contributed by atoms with Gasteiger partial charge in [0, 0.05) is 6.42 Å². The van der Waals surface area contributed by atoms with E-state index in [0.29, 0.717) is 31.7 Å². The largest absolute Gasteiger partial charge is 0.481 e. The number of Topliss-reactive ketones (excluding diaryl/α,β-unsaturated/α-hetero) is 1. The van der Waals surface area contributed by atoms with Gasteiger partial charge in [0.1, 0.15) is 11.7 Å². The number of carbonyl (C=O) groups is 2. The normalized spacial score (nSPS) is 12.6. The van der Waals surface area contributed by atoms with E-state index in [9.17, 15) is 9.59 Å². The highest BCUT2D eigenvalue weighted by molar-refractivity contribution is 5.98. The monoisotopic (exact) mass is 271 g/mol. The third-order valence-corrected chi connectivity index (χ3v) is 3.34. The lowest BCUT2D eigenvalue weighted by atomic mass is 9.93. The molecule has 0 rings (SSSR count). The molecule has 112 valence electrons. The summed E-state index contributed by atoms with van der Waals surface area (Å²) in [6.45, 7) is 4.92.